The molecule has 0 aliphatic carbocycles. The van der Waals surface area contributed by atoms with E-state index >= 15 is 0 Å². The second kappa shape index (κ2) is 5.05. The Morgan fingerprint density at radius 3 is 2.81 bits per heavy atom. The van der Waals surface area contributed by atoms with Crippen LogP contribution < -0.4 is 4.90 Å². The zero-order valence-electron chi connectivity index (χ0n) is 11.6. The van der Waals surface area contributed by atoms with Crippen molar-refractivity contribution in [1.29, 1.82) is 0 Å². The minimum absolute atomic E-state index is 0.0123. The number of para-hydroxylation sites is 1. The van der Waals surface area contributed by atoms with Gasteiger partial charge in [-0.15, -0.1) is 0 Å². The number of aromatic nitrogens is 2. The van der Waals surface area contributed by atoms with E-state index in [0.29, 0.717) is 6.54 Å². The first-order chi connectivity index (χ1) is 10.1. The van der Waals surface area contributed by atoms with Crippen LogP contribution in [-0.4, -0.2) is 33.3 Å². The number of fused-ring (bicyclic) bond motifs is 1. The van der Waals surface area contributed by atoms with E-state index in [1.807, 2.05) is 24.3 Å². The molecule has 0 unspecified atom stereocenters. The third-order valence-corrected chi connectivity index (χ3v) is 3.62. The Morgan fingerprint density at radius 2 is 2.05 bits per heavy atom. The Bertz CT molecular complexity index is 721. The van der Waals surface area contributed by atoms with Gasteiger partial charge in [0, 0.05) is 25.5 Å². The van der Waals surface area contributed by atoms with Gasteiger partial charge in [0.2, 0.25) is 0 Å². The molecule has 0 atom stereocenters. The number of carboxylic acids is 1. The molecular formula is C15H15N3O3. The number of rotatable bonds is 2. The van der Waals surface area contributed by atoms with Crippen LogP contribution in [0, 0.1) is 0 Å². The molecule has 6 nitrogen and oxygen atoms in total. The Labute approximate surface area is 121 Å². The SMILES string of the molecule is Cn1cc(C(=O)O)c(C(=O)N2CCCc3ccccc32)n1. The molecule has 1 amide bonds. The topological polar surface area (TPSA) is 75.4 Å². The molecule has 108 valence electrons. The standard InChI is InChI=1S/C15H15N3O3/c1-17-9-11(15(20)21)13(16-17)14(19)18-8-4-6-10-5-2-3-7-12(10)18/h2-3,5,7,9H,4,6,8H2,1H3,(H,20,21). The van der Waals surface area contributed by atoms with Crippen molar-refractivity contribution in [2.45, 2.75) is 12.8 Å². The summed E-state index contributed by atoms with van der Waals surface area (Å²) in [5.41, 5.74) is 1.87. The van der Waals surface area contributed by atoms with Crippen molar-refractivity contribution in [3.63, 3.8) is 0 Å². The van der Waals surface area contributed by atoms with Gasteiger partial charge in [0.05, 0.1) is 0 Å². The normalized spacial score (nSPS) is 13.9. The third-order valence-electron chi connectivity index (χ3n) is 3.62. The fourth-order valence-electron chi connectivity index (χ4n) is 2.68. The summed E-state index contributed by atoms with van der Waals surface area (Å²) in [7, 11) is 1.60. The van der Waals surface area contributed by atoms with Gasteiger partial charge in [-0.1, -0.05) is 18.2 Å². The first-order valence-electron chi connectivity index (χ1n) is 6.74. The number of aromatic carboxylic acids is 1. The zero-order chi connectivity index (χ0) is 15.0. The van der Waals surface area contributed by atoms with Crippen molar-refractivity contribution in [3.05, 3.63) is 47.3 Å². The van der Waals surface area contributed by atoms with Crippen LogP contribution in [0.25, 0.3) is 0 Å². The van der Waals surface area contributed by atoms with E-state index in [1.165, 1.54) is 10.9 Å². The monoisotopic (exact) mass is 285 g/mol. The van der Waals surface area contributed by atoms with Crippen molar-refractivity contribution in [3.8, 4) is 0 Å². The second-order valence-electron chi connectivity index (χ2n) is 5.06. The predicted octanol–water partition coefficient (Wildman–Crippen LogP) is 1.71. The highest BCUT2D eigenvalue weighted by Gasteiger charge is 2.29. The average Bonchev–Trinajstić information content (AvgIpc) is 2.88. The van der Waals surface area contributed by atoms with Crippen LogP contribution in [0.2, 0.25) is 0 Å². The van der Waals surface area contributed by atoms with Gasteiger partial charge < -0.3 is 10.0 Å². The van der Waals surface area contributed by atoms with Crippen LogP contribution in [0.15, 0.2) is 30.5 Å². The summed E-state index contributed by atoms with van der Waals surface area (Å²) in [5.74, 6) is -1.50. The summed E-state index contributed by atoms with van der Waals surface area (Å²) in [4.78, 5) is 25.6. The molecule has 0 saturated carbocycles. The number of hydrogen-bond acceptors (Lipinski definition) is 3. The molecule has 0 radical (unpaired) electrons. The van der Waals surface area contributed by atoms with Crippen molar-refractivity contribution in [2.75, 3.05) is 11.4 Å². The quantitative estimate of drug-likeness (QED) is 0.911. The van der Waals surface area contributed by atoms with Gasteiger partial charge in [-0.2, -0.15) is 5.10 Å². The van der Waals surface area contributed by atoms with Gasteiger partial charge in [-0.05, 0) is 24.5 Å². The summed E-state index contributed by atoms with van der Waals surface area (Å²) < 4.78 is 1.35. The van der Waals surface area contributed by atoms with Gasteiger partial charge in [-0.3, -0.25) is 9.48 Å². The Kier molecular flexibility index (Phi) is 3.21. The smallest absolute Gasteiger partial charge is 0.339 e. The van der Waals surface area contributed by atoms with Crippen molar-refractivity contribution in [1.82, 2.24) is 9.78 Å². The molecule has 0 fully saturated rings. The fourth-order valence-corrected chi connectivity index (χ4v) is 2.68. The molecule has 1 N–H and O–H groups in total. The summed E-state index contributed by atoms with van der Waals surface area (Å²) in [6.45, 7) is 0.575. The number of carboxylic acid groups (broad SMARTS) is 1. The summed E-state index contributed by atoms with van der Waals surface area (Å²) in [6.07, 6.45) is 3.14. The lowest BCUT2D eigenvalue weighted by molar-refractivity contribution is 0.0692. The highest BCUT2D eigenvalue weighted by Crippen LogP contribution is 2.28. The number of carbonyl (C=O) groups excluding carboxylic acids is 1. The maximum atomic E-state index is 12.7. The minimum Gasteiger partial charge on any atom is -0.478 e. The van der Waals surface area contributed by atoms with Crippen molar-refractivity contribution < 1.29 is 14.7 Å². The highest BCUT2D eigenvalue weighted by molar-refractivity contribution is 6.11. The molecule has 1 aromatic heterocycles. The number of carbonyl (C=O) groups is 2. The first kappa shape index (κ1) is 13.4. The number of aryl methyl sites for hydroxylation is 2. The maximum absolute atomic E-state index is 12.7. The van der Waals surface area contributed by atoms with E-state index in [-0.39, 0.29) is 17.2 Å². The number of benzene rings is 1. The van der Waals surface area contributed by atoms with E-state index in [4.69, 9.17) is 0 Å². The van der Waals surface area contributed by atoms with E-state index in [1.54, 1.807) is 11.9 Å². The molecule has 2 aromatic rings. The van der Waals surface area contributed by atoms with Crippen LogP contribution in [0.3, 0.4) is 0 Å². The van der Waals surface area contributed by atoms with Crippen LogP contribution in [-0.2, 0) is 13.5 Å². The fraction of sp³-hybridized carbons (Fsp3) is 0.267. The molecular weight excluding hydrogens is 270 g/mol. The van der Waals surface area contributed by atoms with E-state index < -0.39 is 5.97 Å². The molecule has 6 heteroatoms. The molecule has 2 heterocycles. The summed E-state index contributed by atoms with van der Waals surface area (Å²) in [6, 6.07) is 7.69. The number of nitrogens with zero attached hydrogens (tertiary/aromatic N) is 3. The molecule has 3 rings (SSSR count). The van der Waals surface area contributed by atoms with E-state index in [9.17, 15) is 14.7 Å². The van der Waals surface area contributed by atoms with Crippen LogP contribution in [0.1, 0.15) is 32.8 Å². The lowest BCUT2D eigenvalue weighted by atomic mass is 10.0. The molecule has 21 heavy (non-hydrogen) atoms. The van der Waals surface area contributed by atoms with E-state index in [2.05, 4.69) is 5.10 Å². The van der Waals surface area contributed by atoms with Crippen molar-refractivity contribution >= 4 is 17.6 Å². The van der Waals surface area contributed by atoms with Gasteiger partial charge in [0.25, 0.3) is 5.91 Å². The second-order valence-corrected chi connectivity index (χ2v) is 5.06. The molecule has 1 aliphatic heterocycles. The highest BCUT2D eigenvalue weighted by atomic mass is 16.4. The lowest BCUT2D eigenvalue weighted by Crippen LogP contribution is -2.36. The lowest BCUT2D eigenvalue weighted by Gasteiger charge is -2.29. The molecule has 1 aromatic carbocycles. The van der Waals surface area contributed by atoms with Crippen LogP contribution >= 0.6 is 0 Å². The summed E-state index contributed by atoms with van der Waals surface area (Å²) in [5, 5.41) is 13.2. The molecule has 0 saturated heterocycles. The number of hydrogen-bond donors (Lipinski definition) is 1. The van der Waals surface area contributed by atoms with Crippen LogP contribution in [0.5, 0.6) is 0 Å². The van der Waals surface area contributed by atoms with Gasteiger partial charge >= 0.3 is 5.97 Å². The average molecular weight is 285 g/mol. The van der Waals surface area contributed by atoms with Gasteiger partial charge in [0.1, 0.15) is 5.56 Å². The Hall–Kier alpha value is -2.63. The van der Waals surface area contributed by atoms with Crippen LogP contribution in [0.4, 0.5) is 5.69 Å². The first-order valence-corrected chi connectivity index (χ1v) is 6.74. The number of anilines is 1. The van der Waals surface area contributed by atoms with Gasteiger partial charge in [-0.25, -0.2) is 4.79 Å². The van der Waals surface area contributed by atoms with Gasteiger partial charge in [0.15, 0.2) is 5.69 Å². The summed E-state index contributed by atoms with van der Waals surface area (Å²) >= 11 is 0. The number of amides is 1. The largest absolute Gasteiger partial charge is 0.478 e. The maximum Gasteiger partial charge on any atom is 0.339 e. The van der Waals surface area contributed by atoms with Crippen molar-refractivity contribution in [2.24, 2.45) is 7.05 Å². The Balaban J connectivity index is 2.03. The zero-order valence-corrected chi connectivity index (χ0v) is 11.6. The Morgan fingerprint density at radius 1 is 1.29 bits per heavy atom. The molecule has 0 spiro atoms. The predicted molar refractivity (Wildman–Crippen MR) is 76.6 cm³/mol. The molecule has 0 bridgehead atoms. The molecule has 1 aliphatic rings. The third kappa shape index (κ3) is 2.29. The minimum atomic E-state index is -1.14. The van der Waals surface area contributed by atoms with E-state index in [0.717, 1.165) is 24.1 Å².